The molecule has 4 heteroatoms. The summed E-state index contributed by atoms with van der Waals surface area (Å²) in [5, 5.41) is 0. The van der Waals surface area contributed by atoms with Crippen molar-refractivity contribution in [3.05, 3.63) is 26.7 Å². The summed E-state index contributed by atoms with van der Waals surface area (Å²) in [6.07, 6.45) is 7.37. The van der Waals surface area contributed by atoms with Crippen LogP contribution in [0.3, 0.4) is 0 Å². The maximum absolute atomic E-state index is 6.03. The van der Waals surface area contributed by atoms with Gasteiger partial charge in [-0.1, -0.05) is 33.1 Å². The summed E-state index contributed by atoms with van der Waals surface area (Å²) < 4.78 is 2.10. The second-order valence-corrected chi connectivity index (χ2v) is 6.97. The number of aromatic nitrogens is 1. The van der Waals surface area contributed by atoms with Crippen LogP contribution in [0, 0.1) is 3.95 Å². The zero-order chi connectivity index (χ0) is 14.5. The lowest BCUT2D eigenvalue weighted by molar-refractivity contribution is 0.662. The van der Waals surface area contributed by atoms with Crippen molar-refractivity contribution in [2.45, 2.75) is 58.9 Å². The first-order chi connectivity index (χ1) is 9.71. The molecule has 0 bridgehead atoms. The van der Waals surface area contributed by atoms with Crippen LogP contribution in [0.5, 0.6) is 0 Å². The van der Waals surface area contributed by atoms with Crippen molar-refractivity contribution >= 4 is 33.8 Å². The Hall–Kier alpha value is -0.710. The summed E-state index contributed by atoms with van der Waals surface area (Å²) in [4.78, 5) is 3.32. The van der Waals surface area contributed by atoms with E-state index in [2.05, 4.69) is 24.9 Å². The van der Waals surface area contributed by atoms with E-state index in [1.165, 1.54) is 52.6 Å². The van der Waals surface area contributed by atoms with Gasteiger partial charge in [0.05, 0.1) is 10.2 Å². The van der Waals surface area contributed by atoms with Crippen LogP contribution < -0.4 is 5.73 Å². The third kappa shape index (κ3) is 3.30. The van der Waals surface area contributed by atoms with Gasteiger partial charge in [0.2, 0.25) is 0 Å². The van der Waals surface area contributed by atoms with E-state index in [0.29, 0.717) is 6.54 Å². The summed E-state index contributed by atoms with van der Waals surface area (Å²) in [6.45, 7) is 5.07. The first-order valence-electron chi connectivity index (χ1n) is 7.57. The molecule has 0 amide bonds. The minimum absolute atomic E-state index is 0.593. The van der Waals surface area contributed by atoms with Gasteiger partial charge in [-0.2, -0.15) is 0 Å². The number of nitrogens with two attached hydrogens (primary N) is 1. The number of rotatable bonds is 7. The molecule has 1 aromatic carbocycles. The summed E-state index contributed by atoms with van der Waals surface area (Å²) in [5.41, 5.74) is 11.4. The molecule has 2 aromatic rings. The van der Waals surface area contributed by atoms with Gasteiger partial charge >= 0.3 is 0 Å². The number of aromatic amines is 1. The Morgan fingerprint density at radius 1 is 1.20 bits per heavy atom. The molecule has 0 saturated heterocycles. The minimum Gasteiger partial charge on any atom is -0.337 e. The molecule has 0 saturated carbocycles. The average Bonchev–Trinajstić information content (AvgIpc) is 2.82. The van der Waals surface area contributed by atoms with Crippen LogP contribution in [0.2, 0.25) is 0 Å². The van der Waals surface area contributed by atoms with Crippen LogP contribution >= 0.6 is 23.6 Å². The molecular weight excluding hydrogens is 284 g/mol. The highest BCUT2D eigenvalue weighted by atomic mass is 32.1. The lowest BCUT2D eigenvalue weighted by Crippen LogP contribution is -2.06. The zero-order valence-electron chi connectivity index (χ0n) is 12.4. The molecule has 1 aromatic heterocycles. The maximum atomic E-state index is 6.03. The van der Waals surface area contributed by atoms with Crippen LogP contribution in [-0.2, 0) is 19.4 Å². The SMILES string of the molecule is CCCCCCc1c(CC)cc2sc(=S)[nH]c2c1CN. The predicted octanol–water partition coefficient (Wildman–Crippen LogP) is 5.10. The van der Waals surface area contributed by atoms with Crippen molar-refractivity contribution in [1.82, 2.24) is 4.98 Å². The lowest BCUT2D eigenvalue weighted by Gasteiger charge is -2.14. The molecule has 0 unspecified atom stereocenters. The van der Waals surface area contributed by atoms with E-state index in [-0.39, 0.29) is 0 Å². The van der Waals surface area contributed by atoms with E-state index in [1.54, 1.807) is 11.3 Å². The van der Waals surface area contributed by atoms with Crippen molar-refractivity contribution in [1.29, 1.82) is 0 Å². The molecule has 110 valence electrons. The van der Waals surface area contributed by atoms with E-state index >= 15 is 0 Å². The molecule has 1 heterocycles. The highest BCUT2D eigenvalue weighted by Crippen LogP contribution is 2.30. The fraction of sp³-hybridized carbons (Fsp3) is 0.562. The number of fused-ring (bicyclic) bond motifs is 1. The quantitative estimate of drug-likeness (QED) is 0.552. The molecule has 0 aliphatic rings. The number of thiazole rings is 1. The molecule has 2 rings (SSSR count). The molecule has 0 spiro atoms. The van der Waals surface area contributed by atoms with Crippen LogP contribution in [-0.4, -0.2) is 4.98 Å². The van der Waals surface area contributed by atoms with Gasteiger partial charge in [0.1, 0.15) is 0 Å². The molecular formula is C16H24N2S2. The van der Waals surface area contributed by atoms with Crippen molar-refractivity contribution in [2.24, 2.45) is 5.73 Å². The van der Waals surface area contributed by atoms with Crippen molar-refractivity contribution < 1.29 is 0 Å². The fourth-order valence-electron chi connectivity index (χ4n) is 2.84. The molecule has 0 fully saturated rings. The van der Waals surface area contributed by atoms with Gasteiger partial charge in [0.25, 0.3) is 0 Å². The summed E-state index contributed by atoms with van der Waals surface area (Å²) in [7, 11) is 0. The summed E-state index contributed by atoms with van der Waals surface area (Å²) in [6, 6.07) is 2.31. The van der Waals surface area contributed by atoms with E-state index in [9.17, 15) is 0 Å². The van der Waals surface area contributed by atoms with Gasteiger partial charge < -0.3 is 10.7 Å². The Kier molecular flexibility index (Phi) is 5.75. The van der Waals surface area contributed by atoms with Gasteiger partial charge in [-0.3, -0.25) is 0 Å². The molecule has 20 heavy (non-hydrogen) atoms. The number of unbranched alkanes of at least 4 members (excludes halogenated alkanes) is 3. The molecule has 0 atom stereocenters. The standard InChI is InChI=1S/C16H24N2S2/c1-3-5-6-7-8-12-11(4-2)9-14-15(13(12)10-17)18-16(19)20-14/h9H,3-8,10,17H2,1-2H3,(H,18,19). The monoisotopic (exact) mass is 308 g/mol. The highest BCUT2D eigenvalue weighted by Gasteiger charge is 2.13. The summed E-state index contributed by atoms with van der Waals surface area (Å²) >= 11 is 6.94. The van der Waals surface area contributed by atoms with Crippen molar-refractivity contribution in [2.75, 3.05) is 0 Å². The highest BCUT2D eigenvalue weighted by molar-refractivity contribution is 7.73. The van der Waals surface area contributed by atoms with Gasteiger partial charge in [0, 0.05) is 6.54 Å². The third-order valence-corrected chi connectivity index (χ3v) is 5.08. The topological polar surface area (TPSA) is 41.8 Å². The van der Waals surface area contributed by atoms with E-state index in [1.807, 2.05) is 0 Å². The maximum Gasteiger partial charge on any atom is 0.159 e. The largest absolute Gasteiger partial charge is 0.337 e. The Morgan fingerprint density at radius 3 is 2.65 bits per heavy atom. The first kappa shape index (κ1) is 15.7. The fourth-order valence-corrected chi connectivity index (χ4v) is 4.04. The second-order valence-electron chi connectivity index (χ2n) is 5.25. The lowest BCUT2D eigenvalue weighted by atomic mass is 9.93. The van der Waals surface area contributed by atoms with Crippen molar-refractivity contribution in [3.63, 3.8) is 0 Å². The van der Waals surface area contributed by atoms with Crippen molar-refractivity contribution in [3.8, 4) is 0 Å². The summed E-state index contributed by atoms with van der Waals surface area (Å²) in [5.74, 6) is 0. The Labute approximate surface area is 130 Å². The zero-order valence-corrected chi connectivity index (χ0v) is 14.1. The molecule has 3 N–H and O–H groups in total. The Bertz CT molecular complexity index is 625. The Morgan fingerprint density at radius 2 is 2.00 bits per heavy atom. The van der Waals surface area contributed by atoms with Crippen LogP contribution in [0.1, 0.15) is 56.2 Å². The number of H-pyrrole nitrogens is 1. The van der Waals surface area contributed by atoms with Crippen LogP contribution in [0.4, 0.5) is 0 Å². The number of nitrogens with one attached hydrogen (secondary N) is 1. The van der Waals surface area contributed by atoms with Gasteiger partial charge in [-0.05, 0) is 54.2 Å². The van der Waals surface area contributed by atoms with E-state index in [0.717, 1.165) is 16.8 Å². The smallest absolute Gasteiger partial charge is 0.159 e. The Balaban J connectivity index is 2.41. The molecule has 0 aliphatic carbocycles. The average molecular weight is 309 g/mol. The van der Waals surface area contributed by atoms with Gasteiger partial charge in [-0.25, -0.2) is 0 Å². The number of aryl methyl sites for hydroxylation is 1. The van der Waals surface area contributed by atoms with Crippen LogP contribution in [0.15, 0.2) is 6.07 Å². The normalized spacial score (nSPS) is 11.3. The molecule has 2 nitrogen and oxygen atoms in total. The van der Waals surface area contributed by atoms with E-state index in [4.69, 9.17) is 18.0 Å². The molecule has 0 radical (unpaired) electrons. The minimum atomic E-state index is 0.593. The predicted molar refractivity (Wildman–Crippen MR) is 92.1 cm³/mol. The van der Waals surface area contributed by atoms with Gasteiger partial charge in [0.15, 0.2) is 3.95 Å². The number of benzene rings is 1. The van der Waals surface area contributed by atoms with Crippen LogP contribution in [0.25, 0.3) is 10.2 Å². The molecule has 0 aliphatic heterocycles. The number of hydrogen-bond acceptors (Lipinski definition) is 3. The second kappa shape index (κ2) is 7.34. The van der Waals surface area contributed by atoms with E-state index < -0.39 is 0 Å². The number of hydrogen-bond donors (Lipinski definition) is 2. The third-order valence-electron chi connectivity index (χ3n) is 3.90. The van der Waals surface area contributed by atoms with Gasteiger partial charge in [-0.15, -0.1) is 11.3 Å². The first-order valence-corrected chi connectivity index (χ1v) is 8.80.